The lowest BCUT2D eigenvalue weighted by Gasteiger charge is -2.08. The van der Waals surface area contributed by atoms with Crippen LogP contribution in [0.5, 0.6) is 5.75 Å². The Morgan fingerprint density at radius 2 is 2.43 bits per heavy atom. The fraction of sp³-hybridized carbons (Fsp3) is 0.300. The Bertz CT molecular complexity index is 423. The maximum absolute atomic E-state index is 9.09. The van der Waals surface area contributed by atoms with Crippen LogP contribution in [0.3, 0.4) is 0 Å². The van der Waals surface area contributed by atoms with Gasteiger partial charge >= 0.3 is 0 Å². The first-order chi connectivity index (χ1) is 6.77. The van der Waals surface area contributed by atoms with Crippen molar-refractivity contribution in [2.45, 2.75) is 13.0 Å². The molecule has 0 radical (unpaired) electrons. The van der Waals surface area contributed by atoms with E-state index in [0.29, 0.717) is 6.61 Å². The third kappa shape index (κ3) is 1.70. The van der Waals surface area contributed by atoms with Crippen LogP contribution in [0.2, 0.25) is 0 Å². The van der Waals surface area contributed by atoms with Crippen molar-refractivity contribution in [3.8, 4) is 5.75 Å². The van der Waals surface area contributed by atoms with Crippen LogP contribution in [0.15, 0.2) is 30.6 Å². The number of rotatable bonds is 3. The van der Waals surface area contributed by atoms with Crippen molar-refractivity contribution in [1.82, 2.24) is 9.61 Å². The maximum Gasteiger partial charge on any atom is 0.145 e. The van der Waals surface area contributed by atoms with Gasteiger partial charge in [0.25, 0.3) is 0 Å². The fourth-order valence-electron chi connectivity index (χ4n) is 1.26. The van der Waals surface area contributed by atoms with E-state index >= 15 is 0 Å². The van der Waals surface area contributed by atoms with E-state index in [1.165, 1.54) is 0 Å². The van der Waals surface area contributed by atoms with E-state index in [1.807, 2.05) is 24.4 Å². The van der Waals surface area contributed by atoms with Crippen LogP contribution in [-0.4, -0.2) is 27.4 Å². The lowest BCUT2D eigenvalue weighted by atomic mass is 10.3. The molecule has 2 heterocycles. The van der Waals surface area contributed by atoms with Crippen molar-refractivity contribution in [1.29, 1.82) is 0 Å². The lowest BCUT2D eigenvalue weighted by Crippen LogP contribution is -2.13. The van der Waals surface area contributed by atoms with E-state index in [0.717, 1.165) is 11.3 Å². The summed E-state index contributed by atoms with van der Waals surface area (Å²) in [5, 5.41) is 13.2. The van der Waals surface area contributed by atoms with Gasteiger partial charge in [-0.1, -0.05) is 0 Å². The van der Waals surface area contributed by atoms with Gasteiger partial charge in [-0.3, -0.25) is 0 Å². The summed E-state index contributed by atoms with van der Waals surface area (Å²) in [6.07, 6.45) is 3.10. The van der Waals surface area contributed by atoms with Crippen molar-refractivity contribution in [2.75, 3.05) is 6.61 Å². The highest BCUT2D eigenvalue weighted by molar-refractivity contribution is 5.58. The summed E-state index contributed by atoms with van der Waals surface area (Å²) in [5.74, 6) is 0.742. The Morgan fingerprint density at radius 3 is 3.21 bits per heavy atom. The Balaban J connectivity index is 2.27. The first-order valence-electron chi connectivity index (χ1n) is 4.50. The number of pyridine rings is 1. The van der Waals surface area contributed by atoms with E-state index in [2.05, 4.69) is 5.10 Å². The number of fused-ring (bicyclic) bond motifs is 1. The molecule has 0 aromatic carbocycles. The molecule has 0 aliphatic rings. The third-order valence-corrected chi connectivity index (χ3v) is 1.88. The SMILES string of the molecule is CC(O)COc1cccn2nccc12. The predicted octanol–water partition coefficient (Wildman–Crippen LogP) is 1.09. The van der Waals surface area contributed by atoms with E-state index in [4.69, 9.17) is 9.84 Å². The predicted molar refractivity (Wildman–Crippen MR) is 52.4 cm³/mol. The number of aromatic nitrogens is 2. The van der Waals surface area contributed by atoms with E-state index in [-0.39, 0.29) is 0 Å². The van der Waals surface area contributed by atoms with E-state index < -0.39 is 6.10 Å². The number of ether oxygens (including phenoxy) is 1. The Kier molecular flexibility index (Phi) is 2.37. The molecular formula is C10H12N2O2. The average molecular weight is 192 g/mol. The number of aliphatic hydroxyl groups is 1. The van der Waals surface area contributed by atoms with E-state index in [9.17, 15) is 0 Å². The van der Waals surface area contributed by atoms with Crippen molar-refractivity contribution in [2.24, 2.45) is 0 Å². The first-order valence-corrected chi connectivity index (χ1v) is 4.50. The molecule has 0 spiro atoms. The molecule has 14 heavy (non-hydrogen) atoms. The molecule has 0 bridgehead atoms. The highest BCUT2D eigenvalue weighted by Gasteiger charge is 2.03. The van der Waals surface area contributed by atoms with Gasteiger partial charge in [-0.2, -0.15) is 5.10 Å². The van der Waals surface area contributed by atoms with Crippen LogP contribution >= 0.6 is 0 Å². The minimum absolute atomic E-state index is 0.296. The molecule has 0 amide bonds. The molecule has 2 aromatic heterocycles. The smallest absolute Gasteiger partial charge is 0.145 e. The van der Waals surface area contributed by atoms with Gasteiger partial charge in [0.1, 0.15) is 17.9 Å². The number of aliphatic hydroxyl groups excluding tert-OH is 1. The first kappa shape index (κ1) is 9.02. The second kappa shape index (κ2) is 3.67. The van der Waals surface area contributed by atoms with E-state index in [1.54, 1.807) is 17.6 Å². The zero-order chi connectivity index (χ0) is 9.97. The second-order valence-corrected chi connectivity index (χ2v) is 3.19. The molecule has 0 aliphatic heterocycles. The average Bonchev–Trinajstić information content (AvgIpc) is 2.62. The molecule has 0 aliphatic carbocycles. The number of nitrogens with zero attached hydrogens (tertiary/aromatic N) is 2. The Morgan fingerprint density at radius 1 is 1.57 bits per heavy atom. The monoisotopic (exact) mass is 192 g/mol. The van der Waals surface area contributed by atoms with Crippen LogP contribution in [0.1, 0.15) is 6.92 Å². The minimum Gasteiger partial charge on any atom is -0.489 e. The molecule has 0 saturated heterocycles. The van der Waals surface area contributed by atoms with Crippen molar-refractivity contribution >= 4 is 5.52 Å². The zero-order valence-electron chi connectivity index (χ0n) is 7.92. The summed E-state index contributed by atoms with van der Waals surface area (Å²) < 4.78 is 7.16. The number of hydrogen-bond donors (Lipinski definition) is 1. The molecular weight excluding hydrogens is 180 g/mol. The van der Waals surface area contributed by atoms with Crippen molar-refractivity contribution in [3.05, 3.63) is 30.6 Å². The molecule has 2 aromatic rings. The van der Waals surface area contributed by atoms with Gasteiger partial charge in [-0.05, 0) is 25.1 Å². The lowest BCUT2D eigenvalue weighted by molar-refractivity contribution is 0.123. The van der Waals surface area contributed by atoms with Crippen LogP contribution in [-0.2, 0) is 0 Å². The van der Waals surface area contributed by atoms with Gasteiger partial charge in [0.15, 0.2) is 0 Å². The minimum atomic E-state index is -0.460. The van der Waals surface area contributed by atoms with Gasteiger partial charge in [0, 0.05) is 6.20 Å². The fourth-order valence-corrected chi connectivity index (χ4v) is 1.26. The summed E-state index contributed by atoms with van der Waals surface area (Å²) in [6.45, 7) is 1.99. The molecule has 1 N–H and O–H groups in total. The summed E-state index contributed by atoms with van der Waals surface area (Å²) in [6, 6.07) is 5.59. The van der Waals surface area contributed by atoms with Gasteiger partial charge < -0.3 is 9.84 Å². The standard InChI is InChI=1S/C10H12N2O2/c1-8(13)7-14-10-3-2-6-12-9(10)4-5-11-12/h2-6,8,13H,7H2,1H3. The zero-order valence-corrected chi connectivity index (χ0v) is 7.92. The molecule has 1 atom stereocenters. The molecule has 0 saturated carbocycles. The summed E-state index contributed by atoms with van der Waals surface area (Å²) in [7, 11) is 0. The summed E-state index contributed by atoms with van der Waals surface area (Å²) >= 11 is 0. The van der Waals surface area contributed by atoms with Gasteiger partial charge in [0.2, 0.25) is 0 Å². The molecule has 1 unspecified atom stereocenters. The molecule has 4 heteroatoms. The Labute approximate surface area is 81.7 Å². The highest BCUT2D eigenvalue weighted by atomic mass is 16.5. The highest BCUT2D eigenvalue weighted by Crippen LogP contribution is 2.18. The third-order valence-electron chi connectivity index (χ3n) is 1.88. The van der Waals surface area contributed by atoms with Crippen molar-refractivity contribution in [3.63, 3.8) is 0 Å². The second-order valence-electron chi connectivity index (χ2n) is 3.19. The quantitative estimate of drug-likeness (QED) is 0.792. The van der Waals surface area contributed by atoms with Crippen LogP contribution < -0.4 is 4.74 Å². The maximum atomic E-state index is 9.09. The summed E-state index contributed by atoms with van der Waals surface area (Å²) in [4.78, 5) is 0. The molecule has 4 nitrogen and oxygen atoms in total. The number of hydrogen-bond acceptors (Lipinski definition) is 3. The topological polar surface area (TPSA) is 46.8 Å². The van der Waals surface area contributed by atoms with Gasteiger partial charge in [0.05, 0.1) is 12.3 Å². The Hall–Kier alpha value is -1.55. The van der Waals surface area contributed by atoms with Crippen LogP contribution in [0.4, 0.5) is 0 Å². The molecule has 2 rings (SSSR count). The molecule has 74 valence electrons. The van der Waals surface area contributed by atoms with Gasteiger partial charge in [-0.15, -0.1) is 0 Å². The molecule has 0 fully saturated rings. The normalized spacial score (nSPS) is 13.0. The van der Waals surface area contributed by atoms with Crippen LogP contribution in [0, 0.1) is 0 Å². The van der Waals surface area contributed by atoms with Gasteiger partial charge in [-0.25, -0.2) is 4.52 Å². The van der Waals surface area contributed by atoms with Crippen molar-refractivity contribution < 1.29 is 9.84 Å². The largest absolute Gasteiger partial charge is 0.489 e. The summed E-state index contributed by atoms with van der Waals surface area (Å²) in [5.41, 5.74) is 0.910. The van der Waals surface area contributed by atoms with Crippen LogP contribution in [0.25, 0.3) is 5.52 Å².